The van der Waals surface area contributed by atoms with Gasteiger partial charge in [-0.3, -0.25) is 4.79 Å². The van der Waals surface area contributed by atoms with Crippen molar-refractivity contribution in [3.63, 3.8) is 0 Å². The molecule has 0 aliphatic carbocycles. The molecular formula is C11H15Cl3N2O. The first-order chi connectivity index (χ1) is 7.43. The van der Waals surface area contributed by atoms with Crippen LogP contribution in [0, 0.1) is 0 Å². The van der Waals surface area contributed by atoms with Crippen LogP contribution in [-0.2, 0) is 11.3 Å². The van der Waals surface area contributed by atoms with Crippen molar-refractivity contribution in [2.24, 2.45) is 5.73 Å². The van der Waals surface area contributed by atoms with Gasteiger partial charge < -0.3 is 10.6 Å². The van der Waals surface area contributed by atoms with E-state index in [0.29, 0.717) is 16.6 Å². The van der Waals surface area contributed by atoms with Crippen LogP contribution in [0.15, 0.2) is 18.2 Å². The second-order valence-electron chi connectivity index (χ2n) is 3.70. The van der Waals surface area contributed by atoms with Crippen LogP contribution in [0.2, 0.25) is 10.0 Å². The number of halogens is 3. The molecule has 0 saturated heterocycles. The molecule has 6 heteroatoms. The van der Waals surface area contributed by atoms with Crippen molar-refractivity contribution in [1.29, 1.82) is 0 Å². The molecule has 3 nitrogen and oxygen atoms in total. The summed E-state index contributed by atoms with van der Waals surface area (Å²) in [4.78, 5) is 13.1. The van der Waals surface area contributed by atoms with Gasteiger partial charge in [-0.25, -0.2) is 0 Å². The van der Waals surface area contributed by atoms with Gasteiger partial charge in [-0.2, -0.15) is 0 Å². The molecule has 1 aromatic rings. The lowest BCUT2D eigenvalue weighted by atomic mass is 10.2. The van der Waals surface area contributed by atoms with E-state index in [0.717, 1.165) is 5.56 Å². The van der Waals surface area contributed by atoms with Gasteiger partial charge in [-0.1, -0.05) is 35.3 Å². The normalized spacial score (nSPS) is 11.6. The first kappa shape index (κ1) is 16.5. The van der Waals surface area contributed by atoms with Crippen LogP contribution in [0.3, 0.4) is 0 Å². The van der Waals surface area contributed by atoms with Crippen LogP contribution in [0.1, 0.15) is 12.5 Å². The monoisotopic (exact) mass is 296 g/mol. The smallest absolute Gasteiger partial charge is 0.239 e. The maximum absolute atomic E-state index is 11.6. The minimum absolute atomic E-state index is 0. The third-order valence-corrected chi connectivity index (χ3v) is 3.06. The molecule has 17 heavy (non-hydrogen) atoms. The number of hydrogen-bond acceptors (Lipinski definition) is 2. The zero-order valence-corrected chi connectivity index (χ0v) is 11.9. The Morgan fingerprint density at radius 3 is 2.59 bits per heavy atom. The fourth-order valence-corrected chi connectivity index (χ4v) is 1.73. The Labute approximate surface area is 117 Å². The van der Waals surface area contributed by atoms with E-state index in [4.69, 9.17) is 28.9 Å². The largest absolute Gasteiger partial charge is 0.340 e. The number of likely N-dealkylation sites (N-methyl/N-ethyl adjacent to an activating group) is 1. The zero-order valence-electron chi connectivity index (χ0n) is 9.61. The third-order valence-electron chi connectivity index (χ3n) is 2.20. The molecule has 0 aliphatic heterocycles. The number of nitrogens with two attached hydrogens (primary N) is 1. The van der Waals surface area contributed by atoms with Crippen molar-refractivity contribution in [3.05, 3.63) is 33.8 Å². The topological polar surface area (TPSA) is 46.3 Å². The van der Waals surface area contributed by atoms with Crippen molar-refractivity contribution in [2.75, 3.05) is 7.05 Å². The summed E-state index contributed by atoms with van der Waals surface area (Å²) in [5.74, 6) is -0.129. The fraction of sp³-hybridized carbons (Fsp3) is 0.364. The van der Waals surface area contributed by atoms with Crippen LogP contribution < -0.4 is 5.73 Å². The molecule has 0 bridgehead atoms. The predicted molar refractivity (Wildman–Crippen MR) is 73.8 cm³/mol. The highest BCUT2D eigenvalue weighted by Crippen LogP contribution is 2.26. The number of rotatable bonds is 3. The molecule has 0 aliphatic rings. The lowest BCUT2D eigenvalue weighted by Gasteiger charge is -2.20. The van der Waals surface area contributed by atoms with Gasteiger partial charge >= 0.3 is 0 Å². The first-order valence-electron chi connectivity index (χ1n) is 4.87. The molecule has 0 radical (unpaired) electrons. The lowest BCUT2D eigenvalue weighted by Crippen LogP contribution is -2.39. The van der Waals surface area contributed by atoms with E-state index < -0.39 is 6.04 Å². The van der Waals surface area contributed by atoms with Gasteiger partial charge in [-0.05, 0) is 18.6 Å². The van der Waals surface area contributed by atoms with Crippen molar-refractivity contribution >= 4 is 41.5 Å². The molecular weight excluding hydrogens is 282 g/mol. The van der Waals surface area contributed by atoms with Crippen LogP contribution in [0.25, 0.3) is 0 Å². The Bertz CT molecular complexity index is 396. The standard InChI is InChI=1S/C11H14Cl2N2O.ClH/c1-7(14)11(16)15(2)6-8-4-3-5-9(12)10(8)13;/h3-5,7H,6,14H2,1-2H3;1H/t7-;/m1./s1. The molecule has 2 N–H and O–H groups in total. The Hall–Kier alpha value is -0.480. The van der Waals surface area contributed by atoms with Gasteiger partial charge in [0.05, 0.1) is 16.1 Å². The summed E-state index contributed by atoms with van der Waals surface area (Å²) in [7, 11) is 1.68. The SMILES string of the molecule is C[C@@H](N)C(=O)N(C)Cc1cccc(Cl)c1Cl.Cl. The minimum Gasteiger partial charge on any atom is -0.340 e. The number of benzene rings is 1. The maximum Gasteiger partial charge on any atom is 0.239 e. The summed E-state index contributed by atoms with van der Waals surface area (Å²) in [6.45, 7) is 2.05. The third kappa shape index (κ3) is 4.36. The molecule has 0 fully saturated rings. The van der Waals surface area contributed by atoms with E-state index in [1.54, 1.807) is 26.1 Å². The number of hydrogen-bond donors (Lipinski definition) is 1. The van der Waals surface area contributed by atoms with E-state index in [-0.39, 0.29) is 18.3 Å². The van der Waals surface area contributed by atoms with E-state index in [9.17, 15) is 4.79 Å². The minimum atomic E-state index is -0.511. The van der Waals surface area contributed by atoms with Gasteiger partial charge in [0.25, 0.3) is 0 Å². The van der Waals surface area contributed by atoms with E-state index in [1.165, 1.54) is 4.90 Å². The first-order valence-corrected chi connectivity index (χ1v) is 5.62. The average molecular weight is 298 g/mol. The molecule has 0 heterocycles. The molecule has 1 aromatic carbocycles. The van der Waals surface area contributed by atoms with Crippen LogP contribution in [0.5, 0.6) is 0 Å². The molecule has 1 rings (SSSR count). The predicted octanol–water partition coefficient (Wildman–Crippen LogP) is 2.72. The Balaban J connectivity index is 0.00000256. The highest BCUT2D eigenvalue weighted by molar-refractivity contribution is 6.42. The Kier molecular flexibility index (Phi) is 6.87. The van der Waals surface area contributed by atoms with Gasteiger partial charge in [0.15, 0.2) is 0 Å². The van der Waals surface area contributed by atoms with E-state index in [2.05, 4.69) is 0 Å². The second kappa shape index (κ2) is 7.07. The molecule has 0 unspecified atom stereocenters. The van der Waals surface area contributed by atoms with Crippen LogP contribution in [0.4, 0.5) is 0 Å². The van der Waals surface area contributed by atoms with Crippen molar-refractivity contribution < 1.29 is 4.79 Å². The quantitative estimate of drug-likeness (QED) is 0.932. The number of nitrogens with zero attached hydrogens (tertiary/aromatic N) is 1. The lowest BCUT2D eigenvalue weighted by molar-refractivity contribution is -0.131. The van der Waals surface area contributed by atoms with Crippen LogP contribution in [-0.4, -0.2) is 23.9 Å². The van der Waals surface area contributed by atoms with Gasteiger partial charge in [0.1, 0.15) is 0 Å². The van der Waals surface area contributed by atoms with Crippen molar-refractivity contribution in [2.45, 2.75) is 19.5 Å². The molecule has 0 aromatic heterocycles. The van der Waals surface area contributed by atoms with Gasteiger partial charge in [-0.15, -0.1) is 12.4 Å². The van der Waals surface area contributed by atoms with E-state index in [1.807, 2.05) is 6.07 Å². The molecule has 0 spiro atoms. The number of carbonyl (C=O) groups excluding carboxylic acids is 1. The molecule has 1 amide bonds. The highest BCUT2D eigenvalue weighted by Gasteiger charge is 2.15. The Morgan fingerprint density at radius 2 is 2.06 bits per heavy atom. The van der Waals surface area contributed by atoms with Gasteiger partial charge in [0.2, 0.25) is 5.91 Å². The summed E-state index contributed by atoms with van der Waals surface area (Å²) in [6, 6.07) is 4.83. The summed E-state index contributed by atoms with van der Waals surface area (Å²) >= 11 is 11.9. The number of amides is 1. The average Bonchev–Trinajstić information content (AvgIpc) is 2.23. The Morgan fingerprint density at radius 1 is 1.47 bits per heavy atom. The van der Waals surface area contributed by atoms with Crippen molar-refractivity contribution in [3.8, 4) is 0 Å². The summed E-state index contributed by atoms with van der Waals surface area (Å²) < 4.78 is 0. The molecule has 1 atom stereocenters. The zero-order chi connectivity index (χ0) is 12.3. The second-order valence-corrected chi connectivity index (χ2v) is 4.48. The fourth-order valence-electron chi connectivity index (χ4n) is 1.35. The summed E-state index contributed by atoms with van der Waals surface area (Å²) in [6.07, 6.45) is 0. The molecule has 0 saturated carbocycles. The maximum atomic E-state index is 11.6. The number of carbonyl (C=O) groups is 1. The van der Waals surface area contributed by atoms with Crippen molar-refractivity contribution in [1.82, 2.24) is 4.90 Å². The van der Waals surface area contributed by atoms with Gasteiger partial charge in [0, 0.05) is 13.6 Å². The highest BCUT2D eigenvalue weighted by atomic mass is 35.5. The van der Waals surface area contributed by atoms with E-state index >= 15 is 0 Å². The van der Waals surface area contributed by atoms with Crippen LogP contribution >= 0.6 is 35.6 Å². The summed E-state index contributed by atoms with van der Waals surface area (Å²) in [5, 5.41) is 0.967. The summed E-state index contributed by atoms with van der Waals surface area (Å²) in [5.41, 5.74) is 6.32. The molecule has 96 valence electrons.